The van der Waals surface area contributed by atoms with E-state index >= 15 is 0 Å². The fourth-order valence-electron chi connectivity index (χ4n) is 1.94. The van der Waals surface area contributed by atoms with Crippen LogP contribution in [0.4, 0.5) is 0 Å². The van der Waals surface area contributed by atoms with E-state index in [0.717, 1.165) is 19.5 Å². The number of nitrogens with zero attached hydrogens (tertiary/aromatic N) is 1. The fraction of sp³-hybridized carbons (Fsp3) is 0.417. The summed E-state index contributed by atoms with van der Waals surface area (Å²) in [6, 6.07) is 7.44. The minimum absolute atomic E-state index is 0.0778. The quantitative estimate of drug-likeness (QED) is 0.871. The minimum Gasteiger partial charge on any atom is -0.334 e. The van der Waals surface area contributed by atoms with Crippen LogP contribution in [0.2, 0.25) is 5.02 Å². The number of carbonyl (C=O) groups is 1. The largest absolute Gasteiger partial charge is 0.334 e. The minimum atomic E-state index is 0.0778. The molecule has 1 saturated heterocycles. The normalized spacial score (nSPS) is 19.4. The van der Waals surface area contributed by atoms with Gasteiger partial charge in [-0.3, -0.25) is 4.79 Å². The first-order valence-electron chi connectivity index (χ1n) is 5.43. The molecule has 0 radical (unpaired) electrons. The van der Waals surface area contributed by atoms with Crippen LogP contribution in [0.15, 0.2) is 24.3 Å². The Hall–Kier alpha value is -1.06. The number of nitrogens with one attached hydrogen (secondary N) is 1. The highest BCUT2D eigenvalue weighted by Crippen LogP contribution is 2.21. The van der Waals surface area contributed by atoms with Gasteiger partial charge in [0, 0.05) is 29.7 Å². The molecule has 0 saturated carbocycles. The van der Waals surface area contributed by atoms with Crippen molar-refractivity contribution in [2.45, 2.75) is 12.5 Å². The first kappa shape index (κ1) is 11.4. The van der Waals surface area contributed by atoms with Crippen molar-refractivity contribution in [2.24, 2.45) is 0 Å². The third-order valence-electron chi connectivity index (χ3n) is 2.92. The molecule has 1 aliphatic heterocycles. The summed E-state index contributed by atoms with van der Waals surface area (Å²) in [6.45, 7) is 1.70. The van der Waals surface area contributed by atoms with Crippen molar-refractivity contribution in [3.8, 4) is 0 Å². The second-order valence-electron chi connectivity index (χ2n) is 4.01. The Balaban J connectivity index is 2.08. The molecule has 1 fully saturated rings. The van der Waals surface area contributed by atoms with E-state index in [1.807, 2.05) is 24.1 Å². The van der Waals surface area contributed by atoms with Crippen molar-refractivity contribution in [1.82, 2.24) is 10.2 Å². The van der Waals surface area contributed by atoms with E-state index in [0.29, 0.717) is 16.6 Å². The average Bonchev–Trinajstić information content (AvgIpc) is 2.24. The summed E-state index contributed by atoms with van der Waals surface area (Å²) in [6.07, 6.45) is 1.08. The van der Waals surface area contributed by atoms with Gasteiger partial charge in [-0.05, 0) is 31.7 Å². The van der Waals surface area contributed by atoms with Crippen LogP contribution in [0.25, 0.3) is 0 Å². The molecule has 1 unspecified atom stereocenters. The molecule has 2 rings (SSSR count). The molecule has 0 aliphatic carbocycles. The zero-order valence-electron chi connectivity index (χ0n) is 9.24. The molecule has 0 bridgehead atoms. The van der Waals surface area contributed by atoms with Crippen molar-refractivity contribution < 1.29 is 4.79 Å². The van der Waals surface area contributed by atoms with E-state index in [4.69, 9.17) is 11.6 Å². The molecule has 4 heteroatoms. The summed E-state index contributed by atoms with van der Waals surface area (Å²) in [7, 11) is 1.90. The molecule has 1 aromatic rings. The van der Waals surface area contributed by atoms with E-state index in [1.165, 1.54) is 0 Å². The molecule has 3 nitrogen and oxygen atoms in total. The Bertz CT molecular complexity index is 394. The van der Waals surface area contributed by atoms with Gasteiger partial charge in [0.1, 0.15) is 0 Å². The molecule has 0 spiro atoms. The fourth-order valence-corrected chi connectivity index (χ4v) is 2.13. The molecule has 1 heterocycles. The number of hydrogen-bond donors (Lipinski definition) is 1. The van der Waals surface area contributed by atoms with E-state index in [-0.39, 0.29) is 5.91 Å². The predicted molar refractivity (Wildman–Crippen MR) is 64.8 cm³/mol. The highest BCUT2D eigenvalue weighted by molar-refractivity contribution is 6.30. The van der Waals surface area contributed by atoms with Crippen molar-refractivity contribution >= 4 is 17.5 Å². The maximum atomic E-state index is 12.1. The molecule has 16 heavy (non-hydrogen) atoms. The van der Waals surface area contributed by atoms with Gasteiger partial charge >= 0.3 is 0 Å². The van der Waals surface area contributed by atoms with Gasteiger partial charge in [0.15, 0.2) is 0 Å². The van der Waals surface area contributed by atoms with Gasteiger partial charge in [-0.2, -0.15) is 0 Å². The third kappa shape index (κ3) is 2.20. The number of likely N-dealkylation sites (N-methyl/N-ethyl adjacent to an activating group) is 1. The summed E-state index contributed by atoms with van der Waals surface area (Å²) < 4.78 is 0. The molecule has 1 atom stereocenters. The van der Waals surface area contributed by atoms with Gasteiger partial charge in [0.25, 0.3) is 5.91 Å². The van der Waals surface area contributed by atoms with E-state index in [9.17, 15) is 4.79 Å². The van der Waals surface area contributed by atoms with Crippen LogP contribution in [0.3, 0.4) is 0 Å². The van der Waals surface area contributed by atoms with Crippen LogP contribution >= 0.6 is 11.6 Å². The Morgan fingerprint density at radius 2 is 2.44 bits per heavy atom. The van der Waals surface area contributed by atoms with Crippen LogP contribution in [0.5, 0.6) is 0 Å². The lowest BCUT2D eigenvalue weighted by Gasteiger charge is -2.41. The van der Waals surface area contributed by atoms with Crippen molar-refractivity contribution in [1.29, 1.82) is 0 Å². The van der Waals surface area contributed by atoms with Crippen molar-refractivity contribution in [2.75, 3.05) is 20.1 Å². The number of rotatable bonds is 3. The Morgan fingerprint density at radius 1 is 1.62 bits per heavy atom. The summed E-state index contributed by atoms with van der Waals surface area (Å²) in [4.78, 5) is 14.0. The number of hydrogen-bond acceptors (Lipinski definition) is 2. The molecule has 1 aliphatic rings. The molecular formula is C12H15ClN2O. The summed E-state index contributed by atoms with van der Waals surface area (Å²) in [5.74, 6) is 0.0778. The zero-order valence-corrected chi connectivity index (χ0v) is 10.00. The maximum absolute atomic E-state index is 12.1. The van der Waals surface area contributed by atoms with Crippen LogP contribution in [0.1, 0.15) is 16.8 Å². The van der Waals surface area contributed by atoms with E-state index in [2.05, 4.69) is 5.32 Å². The van der Waals surface area contributed by atoms with Gasteiger partial charge in [-0.15, -0.1) is 0 Å². The smallest absolute Gasteiger partial charge is 0.254 e. The van der Waals surface area contributed by atoms with Crippen LogP contribution in [-0.4, -0.2) is 37.0 Å². The van der Waals surface area contributed by atoms with Crippen molar-refractivity contribution in [3.05, 3.63) is 34.9 Å². The highest BCUT2D eigenvalue weighted by Gasteiger charge is 2.31. The summed E-state index contributed by atoms with van der Waals surface area (Å²) >= 11 is 5.87. The third-order valence-corrected chi connectivity index (χ3v) is 3.15. The topological polar surface area (TPSA) is 32.3 Å². The SMILES string of the molecule is CNCC1CCN1C(=O)c1cccc(Cl)c1. The number of benzene rings is 1. The first-order chi connectivity index (χ1) is 7.72. The van der Waals surface area contributed by atoms with Gasteiger partial charge in [0.2, 0.25) is 0 Å². The zero-order chi connectivity index (χ0) is 11.5. The molecule has 0 aromatic heterocycles. The second kappa shape index (κ2) is 4.85. The molecule has 1 N–H and O–H groups in total. The maximum Gasteiger partial charge on any atom is 0.254 e. The summed E-state index contributed by atoms with van der Waals surface area (Å²) in [5.41, 5.74) is 0.674. The number of halogens is 1. The van der Waals surface area contributed by atoms with Crippen LogP contribution in [-0.2, 0) is 0 Å². The Labute approximate surface area is 100 Å². The second-order valence-corrected chi connectivity index (χ2v) is 4.45. The van der Waals surface area contributed by atoms with Crippen LogP contribution in [0, 0.1) is 0 Å². The monoisotopic (exact) mass is 238 g/mol. The van der Waals surface area contributed by atoms with Crippen LogP contribution < -0.4 is 5.32 Å². The Morgan fingerprint density at radius 3 is 3.00 bits per heavy atom. The van der Waals surface area contributed by atoms with Gasteiger partial charge in [-0.25, -0.2) is 0 Å². The Kier molecular flexibility index (Phi) is 3.46. The van der Waals surface area contributed by atoms with E-state index < -0.39 is 0 Å². The summed E-state index contributed by atoms with van der Waals surface area (Å²) in [5, 5.41) is 3.71. The van der Waals surface area contributed by atoms with Gasteiger partial charge in [0.05, 0.1) is 0 Å². The lowest BCUT2D eigenvalue weighted by molar-refractivity contribution is 0.0468. The van der Waals surface area contributed by atoms with Gasteiger partial charge < -0.3 is 10.2 Å². The predicted octanol–water partition coefficient (Wildman–Crippen LogP) is 1.77. The molecule has 86 valence electrons. The van der Waals surface area contributed by atoms with E-state index in [1.54, 1.807) is 12.1 Å². The molecular weight excluding hydrogens is 224 g/mol. The molecule has 1 aromatic carbocycles. The molecule has 1 amide bonds. The van der Waals surface area contributed by atoms with Gasteiger partial charge in [-0.1, -0.05) is 17.7 Å². The standard InChI is InChI=1S/C12H15ClN2O/c1-14-8-11-5-6-15(11)12(16)9-3-2-4-10(13)7-9/h2-4,7,11,14H,5-6,8H2,1H3. The van der Waals surface area contributed by atoms with Crippen molar-refractivity contribution in [3.63, 3.8) is 0 Å². The number of likely N-dealkylation sites (tertiary alicyclic amines) is 1. The average molecular weight is 239 g/mol. The number of carbonyl (C=O) groups excluding carboxylic acids is 1. The first-order valence-corrected chi connectivity index (χ1v) is 5.81. The lowest BCUT2D eigenvalue weighted by Crippen LogP contribution is -2.54. The number of amides is 1. The lowest BCUT2D eigenvalue weighted by atomic mass is 10.0. The highest BCUT2D eigenvalue weighted by atomic mass is 35.5.